The van der Waals surface area contributed by atoms with Crippen molar-refractivity contribution < 1.29 is 52.9 Å². The fourth-order valence-corrected chi connectivity index (χ4v) is 10.1. The zero-order chi connectivity index (χ0) is 52.7. The SMILES string of the molecule is CCO[n+]1ccccc1C(=O)OC1c2ccccc2-c2ccccc21.CCO[n+]1ccccc1C(=O)OC1c2ccccc2-c2ccccc21.[O-]B([O-])OCCCC(c1ccccc1)(c1ccccc1)c1ccccc1. The van der Waals surface area contributed by atoms with Crippen LogP contribution in [0, 0.1) is 0 Å². The second-order valence-corrected chi connectivity index (χ2v) is 17.8. The highest BCUT2D eigenvalue weighted by Gasteiger charge is 2.37. The third kappa shape index (κ3) is 11.5. The van der Waals surface area contributed by atoms with E-state index in [-0.39, 0.29) is 12.0 Å². The molecule has 0 fully saturated rings. The topological polar surface area (TPSA) is 134 Å². The molecule has 0 N–H and O–H groups in total. The Morgan fingerprint density at radius 2 is 0.763 bits per heavy atom. The number of carbonyl (C=O) groups is 2. The molecule has 0 aliphatic heterocycles. The van der Waals surface area contributed by atoms with E-state index in [1.807, 2.05) is 153 Å². The molecule has 76 heavy (non-hydrogen) atoms. The minimum Gasteiger partial charge on any atom is -0.871 e. The number of carbonyl (C=O) groups excluding carboxylic acids is 2. The van der Waals surface area contributed by atoms with Crippen molar-refractivity contribution in [2.45, 2.75) is 44.3 Å². The van der Waals surface area contributed by atoms with Gasteiger partial charge in [0.15, 0.2) is 25.4 Å². The average Bonchev–Trinajstić information content (AvgIpc) is 3.96. The molecule has 2 heterocycles. The molecule has 0 atom stereocenters. The summed E-state index contributed by atoms with van der Waals surface area (Å²) in [5.41, 5.74) is 12.4. The van der Waals surface area contributed by atoms with E-state index in [1.54, 1.807) is 36.7 Å². The molecule has 0 radical (unpaired) electrons. The Bertz CT molecular complexity index is 3020. The maximum absolute atomic E-state index is 12.8. The molecule has 7 aromatic carbocycles. The predicted octanol–water partition coefficient (Wildman–Crippen LogP) is 9.22. The summed E-state index contributed by atoms with van der Waals surface area (Å²) in [5, 5.41) is 21.4. The van der Waals surface area contributed by atoms with Gasteiger partial charge in [0.25, 0.3) is 0 Å². The Kier molecular flexibility index (Phi) is 17.2. The largest absolute Gasteiger partial charge is 0.871 e. The molecular weight excluding hydrogens is 952 g/mol. The number of benzene rings is 7. The molecule has 0 unspecified atom stereocenters. The summed E-state index contributed by atoms with van der Waals surface area (Å²) in [7, 11) is -2.23. The molecule has 2 aromatic heterocycles. The average molecular weight is 1010 g/mol. The number of esters is 2. The van der Waals surface area contributed by atoms with E-state index >= 15 is 0 Å². The Morgan fingerprint density at radius 3 is 1.09 bits per heavy atom. The highest BCUT2D eigenvalue weighted by molar-refractivity contribution is 6.28. The molecule has 0 amide bonds. The maximum Gasteiger partial charge on any atom is 0.409 e. The van der Waals surface area contributed by atoms with Crippen LogP contribution in [0.5, 0.6) is 0 Å². The van der Waals surface area contributed by atoms with Gasteiger partial charge < -0.3 is 24.2 Å². The van der Waals surface area contributed by atoms with Gasteiger partial charge in [0.2, 0.25) is 12.4 Å². The van der Waals surface area contributed by atoms with E-state index in [0.717, 1.165) is 50.9 Å². The molecule has 11 nitrogen and oxygen atoms in total. The summed E-state index contributed by atoms with van der Waals surface area (Å²) in [4.78, 5) is 36.5. The summed E-state index contributed by atoms with van der Waals surface area (Å²) in [6, 6.07) is 73.8. The van der Waals surface area contributed by atoms with Crippen LogP contribution in [0.1, 0.15) is 98.8 Å². The highest BCUT2D eigenvalue weighted by atomic mass is 16.7. The molecule has 11 rings (SSSR count). The van der Waals surface area contributed by atoms with Crippen LogP contribution < -0.4 is 29.2 Å². The quantitative estimate of drug-likeness (QED) is 0.0305. The number of ether oxygens (including phenoxy) is 2. The molecule has 9 aromatic rings. The second kappa shape index (κ2) is 25.0. The van der Waals surface area contributed by atoms with Crippen molar-refractivity contribution in [3.8, 4) is 22.3 Å². The zero-order valence-corrected chi connectivity index (χ0v) is 42.4. The lowest BCUT2D eigenvalue weighted by molar-refractivity contribution is -0.892. The Morgan fingerprint density at radius 1 is 0.447 bits per heavy atom. The lowest BCUT2D eigenvalue weighted by Crippen LogP contribution is -2.48. The van der Waals surface area contributed by atoms with Crippen LogP contribution in [0.15, 0.2) is 237 Å². The molecule has 380 valence electrons. The summed E-state index contributed by atoms with van der Waals surface area (Å²) in [6.07, 6.45) is 3.94. The number of pyridine rings is 2. The lowest BCUT2D eigenvalue weighted by Gasteiger charge is -2.37. The fourth-order valence-electron chi connectivity index (χ4n) is 10.1. The van der Waals surface area contributed by atoms with Gasteiger partial charge in [0, 0.05) is 68.0 Å². The molecule has 0 bridgehead atoms. The van der Waals surface area contributed by atoms with E-state index in [2.05, 4.69) is 60.7 Å². The summed E-state index contributed by atoms with van der Waals surface area (Å²) in [5.74, 6) is -0.823. The van der Waals surface area contributed by atoms with E-state index in [9.17, 15) is 19.6 Å². The maximum atomic E-state index is 12.8. The Labute approximate surface area is 443 Å². The number of hydrogen-bond acceptors (Lipinski definition) is 9. The molecule has 0 saturated heterocycles. The van der Waals surface area contributed by atoms with Crippen molar-refractivity contribution in [2.75, 3.05) is 19.8 Å². The van der Waals surface area contributed by atoms with Crippen molar-refractivity contribution in [2.24, 2.45) is 0 Å². The van der Waals surface area contributed by atoms with Crippen molar-refractivity contribution >= 4 is 19.3 Å². The first-order valence-electron chi connectivity index (χ1n) is 25.5. The van der Waals surface area contributed by atoms with Crippen molar-refractivity contribution in [1.82, 2.24) is 0 Å². The van der Waals surface area contributed by atoms with Gasteiger partial charge >= 0.3 is 23.3 Å². The monoisotopic (exact) mass is 1010 g/mol. The fraction of sp³-hybridized carbons (Fsp3) is 0.156. The summed E-state index contributed by atoms with van der Waals surface area (Å²) < 4.78 is 19.4. The van der Waals surface area contributed by atoms with E-state index < -0.39 is 31.5 Å². The van der Waals surface area contributed by atoms with Crippen LogP contribution in [-0.4, -0.2) is 39.1 Å². The van der Waals surface area contributed by atoms with Crippen molar-refractivity contribution in [3.63, 3.8) is 0 Å². The molecule has 0 saturated carbocycles. The van der Waals surface area contributed by atoms with Crippen LogP contribution >= 0.6 is 0 Å². The number of fused-ring (bicyclic) bond motifs is 6. The number of hydrogen-bond donors (Lipinski definition) is 0. The number of rotatable bonds is 16. The molecule has 0 spiro atoms. The van der Waals surface area contributed by atoms with Crippen LogP contribution in [0.2, 0.25) is 0 Å². The number of aromatic nitrogens is 2. The van der Waals surface area contributed by atoms with Gasteiger partial charge in [0.05, 0.1) is 7.32 Å². The first-order valence-corrected chi connectivity index (χ1v) is 25.5. The van der Waals surface area contributed by atoms with E-state index in [4.69, 9.17) is 23.8 Å². The van der Waals surface area contributed by atoms with Gasteiger partial charge in [-0.05, 0) is 77.8 Å². The smallest absolute Gasteiger partial charge is 0.409 e. The third-order valence-corrected chi connectivity index (χ3v) is 13.4. The van der Waals surface area contributed by atoms with Crippen molar-refractivity contribution in [1.29, 1.82) is 0 Å². The van der Waals surface area contributed by atoms with Gasteiger partial charge in [-0.15, -0.1) is 0 Å². The van der Waals surface area contributed by atoms with Gasteiger partial charge in [-0.2, -0.15) is 0 Å². The third-order valence-electron chi connectivity index (χ3n) is 13.4. The lowest BCUT2D eigenvalue weighted by atomic mass is 9.67. The zero-order valence-electron chi connectivity index (χ0n) is 42.4. The first kappa shape index (κ1) is 52.2. The Hall–Kier alpha value is -8.68. The normalized spacial score (nSPS) is 12.0. The predicted molar refractivity (Wildman–Crippen MR) is 286 cm³/mol. The van der Waals surface area contributed by atoms with Crippen LogP contribution in [0.25, 0.3) is 22.3 Å². The van der Waals surface area contributed by atoms with Gasteiger partial charge in [-0.3, -0.25) is 9.68 Å². The van der Waals surface area contributed by atoms with Gasteiger partial charge in [-0.1, -0.05) is 188 Å². The van der Waals surface area contributed by atoms with Gasteiger partial charge in [0.1, 0.15) is 0 Å². The summed E-state index contributed by atoms with van der Waals surface area (Å²) >= 11 is 0. The summed E-state index contributed by atoms with van der Waals surface area (Å²) in [6.45, 7) is 4.83. The van der Waals surface area contributed by atoms with Crippen LogP contribution in [-0.2, 0) is 19.5 Å². The first-order chi connectivity index (χ1) is 37.3. The standard InChI is InChI=1S/C22H21BO3.2C21H18NO3/c24-23(25)26-18-10-17-22(19-11-4-1-5-12-19,20-13-6-2-7-14-20)21-15-8-3-9-16-21;2*1-2-24-22-14-8-7-13-19(22)21(23)25-20-17-11-5-3-9-15(17)16-10-4-6-12-18(16)20/h1-9,11-16H,10,17-18H2;2*3-14,20H,2H2,1H3/q-2;2*+1. The minimum absolute atomic E-state index is 0.159. The highest BCUT2D eigenvalue weighted by Crippen LogP contribution is 2.47. The van der Waals surface area contributed by atoms with E-state index in [0.29, 0.717) is 31.0 Å². The molecule has 2 aliphatic carbocycles. The molecular formula is C64H57BN2O9. The second-order valence-electron chi connectivity index (χ2n) is 17.8. The Balaban J connectivity index is 0.000000139. The number of nitrogens with zero attached hydrogens (tertiary/aromatic N) is 2. The molecule has 12 heteroatoms. The van der Waals surface area contributed by atoms with E-state index in [1.165, 1.54) is 26.2 Å². The van der Waals surface area contributed by atoms with Gasteiger partial charge in [-0.25, -0.2) is 9.59 Å². The minimum atomic E-state index is -2.23. The van der Waals surface area contributed by atoms with Crippen molar-refractivity contribution in [3.05, 3.63) is 287 Å². The van der Waals surface area contributed by atoms with Crippen LogP contribution in [0.3, 0.4) is 0 Å². The molecule has 2 aliphatic rings. The van der Waals surface area contributed by atoms with Crippen LogP contribution in [0.4, 0.5) is 0 Å².